The Morgan fingerprint density at radius 3 is 2.56 bits per heavy atom. The van der Waals surface area contributed by atoms with Crippen LogP contribution in [0.4, 0.5) is 0 Å². The van der Waals surface area contributed by atoms with Crippen LogP contribution in [0.25, 0.3) is 0 Å². The van der Waals surface area contributed by atoms with E-state index in [9.17, 15) is 19.5 Å². The predicted octanol–water partition coefficient (Wildman–Crippen LogP) is 0.899. The molecule has 1 aliphatic heterocycles. The van der Waals surface area contributed by atoms with Crippen molar-refractivity contribution in [3.63, 3.8) is 0 Å². The summed E-state index contributed by atoms with van der Waals surface area (Å²) >= 11 is 0. The molecule has 8 heteroatoms. The van der Waals surface area contributed by atoms with Crippen molar-refractivity contribution < 1.29 is 29.0 Å². The lowest BCUT2D eigenvalue weighted by Crippen LogP contribution is -2.51. The molecule has 25 heavy (non-hydrogen) atoms. The van der Waals surface area contributed by atoms with Gasteiger partial charge in [-0.05, 0) is 37.5 Å². The minimum atomic E-state index is -1.01. The van der Waals surface area contributed by atoms with Gasteiger partial charge in [0.05, 0.1) is 20.8 Å². The van der Waals surface area contributed by atoms with E-state index in [1.807, 2.05) is 0 Å². The molecule has 1 aromatic rings. The van der Waals surface area contributed by atoms with E-state index in [-0.39, 0.29) is 6.54 Å². The summed E-state index contributed by atoms with van der Waals surface area (Å²) in [5.74, 6) is -0.963. The first kappa shape index (κ1) is 18.6. The second kappa shape index (κ2) is 8.36. The molecule has 2 rings (SSSR count). The Kier molecular flexibility index (Phi) is 6.21. The molecule has 2 amide bonds. The Labute approximate surface area is 145 Å². The number of hydrogen-bond acceptors (Lipinski definition) is 5. The van der Waals surface area contributed by atoms with E-state index in [1.165, 1.54) is 25.2 Å². The summed E-state index contributed by atoms with van der Waals surface area (Å²) in [6, 6.07) is 3.85. The molecule has 136 valence electrons. The Bertz CT molecular complexity index is 661. The molecule has 0 unspecified atom stereocenters. The molecule has 0 aromatic heterocycles. The number of hydrogen-bond donors (Lipinski definition) is 2. The van der Waals surface area contributed by atoms with Gasteiger partial charge in [0.2, 0.25) is 5.91 Å². The third-order valence-corrected chi connectivity index (χ3v) is 4.15. The Morgan fingerprint density at radius 2 is 1.92 bits per heavy atom. The smallest absolute Gasteiger partial charge is 0.326 e. The maximum atomic E-state index is 12.3. The summed E-state index contributed by atoms with van der Waals surface area (Å²) in [7, 11) is 2.96. The lowest BCUT2D eigenvalue weighted by Gasteiger charge is -2.33. The second-order valence-corrected chi connectivity index (χ2v) is 5.69. The fourth-order valence-corrected chi connectivity index (χ4v) is 2.82. The van der Waals surface area contributed by atoms with E-state index in [4.69, 9.17) is 9.47 Å². The van der Waals surface area contributed by atoms with E-state index in [0.717, 1.165) is 12.8 Å². The number of benzene rings is 1. The number of rotatable bonds is 6. The number of carbonyl (C=O) groups is 3. The molecular formula is C17H22N2O6. The van der Waals surface area contributed by atoms with Gasteiger partial charge in [0.15, 0.2) is 11.5 Å². The van der Waals surface area contributed by atoms with Crippen LogP contribution >= 0.6 is 0 Å². The molecule has 1 aliphatic rings. The van der Waals surface area contributed by atoms with Crippen LogP contribution in [-0.2, 0) is 9.59 Å². The van der Waals surface area contributed by atoms with Gasteiger partial charge in [-0.1, -0.05) is 0 Å². The molecule has 1 atom stereocenters. The average molecular weight is 350 g/mol. The van der Waals surface area contributed by atoms with Crippen molar-refractivity contribution in [1.29, 1.82) is 0 Å². The number of aliphatic carboxylic acids is 1. The van der Waals surface area contributed by atoms with Crippen molar-refractivity contribution in [3.8, 4) is 11.5 Å². The summed E-state index contributed by atoms with van der Waals surface area (Å²) in [5.41, 5.74) is 0.318. The number of nitrogens with zero attached hydrogens (tertiary/aromatic N) is 1. The third-order valence-electron chi connectivity index (χ3n) is 4.15. The zero-order chi connectivity index (χ0) is 18.4. The minimum Gasteiger partial charge on any atom is -0.493 e. The Hall–Kier alpha value is -2.77. The number of nitrogens with one attached hydrogen (secondary N) is 1. The van der Waals surface area contributed by atoms with Crippen molar-refractivity contribution in [2.45, 2.75) is 25.3 Å². The van der Waals surface area contributed by atoms with E-state index in [2.05, 4.69) is 5.32 Å². The van der Waals surface area contributed by atoms with Crippen molar-refractivity contribution in [1.82, 2.24) is 10.2 Å². The van der Waals surface area contributed by atoms with Crippen LogP contribution < -0.4 is 14.8 Å². The molecule has 1 heterocycles. The summed E-state index contributed by atoms with van der Waals surface area (Å²) < 4.78 is 10.3. The highest BCUT2D eigenvalue weighted by molar-refractivity contribution is 5.97. The summed E-state index contributed by atoms with van der Waals surface area (Å²) in [6.45, 7) is 0.138. The number of carboxylic acids is 1. The highest BCUT2D eigenvalue weighted by Crippen LogP contribution is 2.27. The van der Waals surface area contributed by atoms with Crippen LogP contribution in [-0.4, -0.2) is 61.1 Å². The molecule has 0 radical (unpaired) electrons. The molecular weight excluding hydrogens is 328 g/mol. The zero-order valence-corrected chi connectivity index (χ0v) is 14.3. The number of likely N-dealkylation sites (tertiary alicyclic amines) is 1. The highest BCUT2D eigenvalue weighted by atomic mass is 16.5. The van der Waals surface area contributed by atoms with Gasteiger partial charge < -0.3 is 24.8 Å². The fourth-order valence-electron chi connectivity index (χ4n) is 2.82. The quantitative estimate of drug-likeness (QED) is 0.790. The molecule has 0 bridgehead atoms. The van der Waals surface area contributed by atoms with E-state index in [1.54, 1.807) is 12.1 Å². The SMILES string of the molecule is COc1ccc(C(=O)NCC(=O)N2CCCC[C@@H]2C(=O)O)cc1OC. The zero-order valence-electron chi connectivity index (χ0n) is 14.3. The van der Waals surface area contributed by atoms with E-state index < -0.39 is 23.8 Å². The number of carboxylic acid groups (broad SMARTS) is 1. The molecule has 8 nitrogen and oxygen atoms in total. The molecule has 1 aromatic carbocycles. The topological polar surface area (TPSA) is 105 Å². The minimum absolute atomic E-state index is 0.253. The van der Waals surface area contributed by atoms with Gasteiger partial charge in [0.25, 0.3) is 5.91 Å². The maximum absolute atomic E-state index is 12.3. The van der Waals surface area contributed by atoms with E-state index >= 15 is 0 Å². The second-order valence-electron chi connectivity index (χ2n) is 5.69. The lowest BCUT2D eigenvalue weighted by molar-refractivity contribution is -0.151. The van der Waals surface area contributed by atoms with Crippen LogP contribution in [0.5, 0.6) is 11.5 Å². The van der Waals surface area contributed by atoms with Crippen molar-refractivity contribution >= 4 is 17.8 Å². The lowest BCUT2D eigenvalue weighted by atomic mass is 10.0. The summed E-state index contributed by atoms with van der Waals surface area (Å²) in [5, 5.41) is 11.7. The van der Waals surface area contributed by atoms with Gasteiger partial charge in [0, 0.05) is 12.1 Å². The van der Waals surface area contributed by atoms with Gasteiger partial charge in [0.1, 0.15) is 6.04 Å². The molecule has 1 fully saturated rings. The van der Waals surface area contributed by atoms with Crippen LogP contribution in [0.1, 0.15) is 29.6 Å². The average Bonchev–Trinajstić information content (AvgIpc) is 2.65. The third kappa shape index (κ3) is 4.40. The number of amides is 2. The molecule has 0 aliphatic carbocycles. The van der Waals surface area contributed by atoms with Gasteiger partial charge in [-0.15, -0.1) is 0 Å². The molecule has 2 N–H and O–H groups in total. The van der Waals surface area contributed by atoms with Crippen molar-refractivity contribution in [2.24, 2.45) is 0 Å². The predicted molar refractivity (Wildman–Crippen MR) is 88.9 cm³/mol. The highest BCUT2D eigenvalue weighted by Gasteiger charge is 2.31. The normalized spacial score (nSPS) is 16.9. The largest absolute Gasteiger partial charge is 0.493 e. The number of piperidine rings is 1. The number of methoxy groups -OCH3 is 2. The van der Waals surface area contributed by atoms with Crippen LogP contribution in [0, 0.1) is 0 Å². The van der Waals surface area contributed by atoms with Crippen LogP contribution in [0.2, 0.25) is 0 Å². The number of carbonyl (C=O) groups excluding carboxylic acids is 2. The van der Waals surface area contributed by atoms with Crippen LogP contribution in [0.3, 0.4) is 0 Å². The monoisotopic (exact) mass is 350 g/mol. The molecule has 0 saturated carbocycles. The first-order valence-electron chi connectivity index (χ1n) is 8.00. The first-order chi connectivity index (χ1) is 12.0. The van der Waals surface area contributed by atoms with Gasteiger partial charge in [-0.2, -0.15) is 0 Å². The van der Waals surface area contributed by atoms with Crippen molar-refractivity contribution in [2.75, 3.05) is 27.3 Å². The van der Waals surface area contributed by atoms with Gasteiger partial charge in [-0.3, -0.25) is 9.59 Å². The summed E-state index contributed by atoms with van der Waals surface area (Å²) in [6.07, 6.45) is 1.97. The number of ether oxygens (including phenoxy) is 2. The molecule has 0 spiro atoms. The van der Waals surface area contributed by atoms with Crippen molar-refractivity contribution in [3.05, 3.63) is 23.8 Å². The maximum Gasteiger partial charge on any atom is 0.326 e. The fraction of sp³-hybridized carbons (Fsp3) is 0.471. The Balaban J connectivity index is 1.99. The van der Waals surface area contributed by atoms with E-state index in [0.29, 0.717) is 30.0 Å². The summed E-state index contributed by atoms with van der Waals surface area (Å²) in [4.78, 5) is 37.1. The van der Waals surface area contributed by atoms with Gasteiger partial charge in [-0.25, -0.2) is 4.79 Å². The Morgan fingerprint density at radius 1 is 1.20 bits per heavy atom. The standard InChI is InChI=1S/C17H22N2O6/c1-24-13-7-6-11(9-14(13)25-2)16(21)18-10-15(20)19-8-4-3-5-12(19)17(22)23/h6-7,9,12H,3-5,8,10H2,1-2H3,(H,18,21)(H,22,23)/t12-/m1/s1. The van der Waals surface area contributed by atoms with Crippen LogP contribution in [0.15, 0.2) is 18.2 Å². The molecule has 1 saturated heterocycles. The first-order valence-corrected chi connectivity index (χ1v) is 8.00. The van der Waals surface area contributed by atoms with Gasteiger partial charge >= 0.3 is 5.97 Å².